The number of allylic oxidation sites excluding steroid dienone is 4. The largest absolute Gasteiger partial charge is 0.213 e. The topological polar surface area (TPSA) is 77.3 Å². The molecule has 0 unspecified atom stereocenters. The van der Waals surface area contributed by atoms with E-state index in [4.69, 9.17) is 29.9 Å². The first-order valence-electron chi connectivity index (χ1n) is 23.9. The van der Waals surface area contributed by atoms with Crippen LogP contribution in [0.4, 0.5) is 0 Å². The Balaban J connectivity index is 1.12. The lowest BCUT2D eigenvalue weighted by molar-refractivity contribution is 0.844. The van der Waals surface area contributed by atoms with E-state index in [0.29, 0.717) is 34.9 Å². The number of aryl methyl sites for hydroxylation is 8. The van der Waals surface area contributed by atoms with Gasteiger partial charge in [0.25, 0.3) is 0 Å². The molecular formula is C63H56N6. The summed E-state index contributed by atoms with van der Waals surface area (Å²) in [5, 5.41) is 0. The second-order valence-corrected chi connectivity index (χ2v) is 19.1. The molecule has 1 aliphatic carbocycles. The molecule has 2 aromatic heterocycles. The van der Waals surface area contributed by atoms with Crippen molar-refractivity contribution in [3.05, 3.63) is 225 Å². The smallest absolute Gasteiger partial charge is 0.163 e. The van der Waals surface area contributed by atoms with Gasteiger partial charge in [0.15, 0.2) is 23.3 Å². The van der Waals surface area contributed by atoms with Crippen molar-refractivity contribution in [2.75, 3.05) is 0 Å². The zero-order valence-corrected chi connectivity index (χ0v) is 40.8. The molecule has 6 nitrogen and oxygen atoms in total. The van der Waals surface area contributed by atoms with Crippen molar-refractivity contribution in [1.29, 1.82) is 0 Å². The molecule has 0 bridgehead atoms. The van der Waals surface area contributed by atoms with Gasteiger partial charge in [-0.1, -0.05) is 178 Å². The molecule has 0 saturated carbocycles. The van der Waals surface area contributed by atoms with Crippen LogP contribution < -0.4 is 0 Å². The van der Waals surface area contributed by atoms with Crippen LogP contribution in [0.25, 0.3) is 78.7 Å². The highest BCUT2D eigenvalue weighted by Crippen LogP contribution is 2.34. The average Bonchev–Trinajstić information content (AvgIpc) is 3.33. The third kappa shape index (κ3) is 10.3. The molecule has 9 aromatic rings. The Hall–Kier alpha value is -7.96. The Morgan fingerprint density at radius 3 is 1.01 bits per heavy atom. The molecule has 0 N–H and O–H groups in total. The van der Waals surface area contributed by atoms with Gasteiger partial charge in [0, 0.05) is 16.7 Å². The summed E-state index contributed by atoms with van der Waals surface area (Å²) in [7, 11) is 0. The number of aromatic nitrogens is 6. The zero-order valence-electron chi connectivity index (χ0n) is 40.8. The van der Waals surface area contributed by atoms with Crippen LogP contribution in [0.3, 0.4) is 0 Å². The highest BCUT2D eigenvalue weighted by molar-refractivity contribution is 5.85. The lowest BCUT2D eigenvalue weighted by Gasteiger charge is -2.16. The van der Waals surface area contributed by atoms with Crippen molar-refractivity contribution in [1.82, 2.24) is 29.9 Å². The second-order valence-electron chi connectivity index (χ2n) is 19.1. The van der Waals surface area contributed by atoms with Crippen molar-refractivity contribution >= 4 is 11.1 Å². The van der Waals surface area contributed by atoms with Crippen molar-refractivity contribution in [3.8, 4) is 67.5 Å². The summed E-state index contributed by atoms with van der Waals surface area (Å²) in [5.74, 6) is 3.62. The zero-order chi connectivity index (χ0) is 47.8. The summed E-state index contributed by atoms with van der Waals surface area (Å²) >= 11 is 0. The van der Waals surface area contributed by atoms with Crippen LogP contribution in [0.1, 0.15) is 80.4 Å². The van der Waals surface area contributed by atoms with E-state index in [2.05, 4.69) is 213 Å². The van der Waals surface area contributed by atoms with Crippen LogP contribution in [0.15, 0.2) is 158 Å². The fourth-order valence-corrected chi connectivity index (χ4v) is 9.83. The minimum absolute atomic E-state index is 0.266. The van der Waals surface area contributed by atoms with Gasteiger partial charge in [-0.25, -0.2) is 29.9 Å². The van der Waals surface area contributed by atoms with Gasteiger partial charge in [-0.05, 0) is 143 Å². The van der Waals surface area contributed by atoms with Crippen LogP contribution >= 0.6 is 0 Å². The van der Waals surface area contributed by atoms with E-state index >= 15 is 0 Å². The first-order valence-corrected chi connectivity index (χ1v) is 23.9. The molecular weight excluding hydrogens is 841 g/mol. The van der Waals surface area contributed by atoms with Crippen LogP contribution in [0, 0.1) is 55.4 Å². The minimum Gasteiger partial charge on any atom is -0.213 e. The van der Waals surface area contributed by atoms with E-state index in [1.165, 1.54) is 55.6 Å². The highest BCUT2D eigenvalue weighted by atomic mass is 15.1. The second kappa shape index (κ2) is 19.0. The van der Waals surface area contributed by atoms with E-state index < -0.39 is 0 Å². The Kier molecular flexibility index (Phi) is 12.3. The van der Waals surface area contributed by atoms with Gasteiger partial charge >= 0.3 is 0 Å². The summed E-state index contributed by atoms with van der Waals surface area (Å²) < 4.78 is 0. The normalized spacial score (nSPS) is 12.5. The lowest BCUT2D eigenvalue weighted by atomic mass is 9.92. The minimum atomic E-state index is 0.266. The quantitative estimate of drug-likeness (QED) is 0.136. The van der Waals surface area contributed by atoms with Gasteiger partial charge in [-0.3, -0.25) is 0 Å². The molecule has 338 valence electrons. The number of rotatable bonds is 10. The van der Waals surface area contributed by atoms with E-state index in [-0.39, 0.29) is 6.42 Å². The SMILES string of the molecule is Cc1cc(C)cc(C2=CCCC(c3nc(Cc4nc(-c5cccc(-c6cc(C)cc(C)c6)c5)nc(-c5cccc(-c6cc(C)cc(C)c6)c5)n4)nc(-c4cccc(-c5cc(C)cc(C)c5)c4)n3)=C2)c1. The van der Waals surface area contributed by atoms with Crippen LogP contribution in [-0.2, 0) is 6.42 Å². The molecule has 0 radical (unpaired) electrons. The molecule has 0 atom stereocenters. The van der Waals surface area contributed by atoms with Gasteiger partial charge in [0.05, 0.1) is 6.42 Å². The molecule has 0 spiro atoms. The van der Waals surface area contributed by atoms with Crippen molar-refractivity contribution in [2.45, 2.75) is 74.7 Å². The highest BCUT2D eigenvalue weighted by Gasteiger charge is 2.20. The van der Waals surface area contributed by atoms with E-state index in [1.54, 1.807) is 0 Å². The summed E-state index contributed by atoms with van der Waals surface area (Å²) in [6.07, 6.45) is 6.55. The van der Waals surface area contributed by atoms with Crippen molar-refractivity contribution < 1.29 is 0 Å². The molecule has 0 fully saturated rings. The van der Waals surface area contributed by atoms with Gasteiger partial charge in [-0.2, -0.15) is 0 Å². The molecule has 6 heteroatoms. The van der Waals surface area contributed by atoms with Crippen molar-refractivity contribution in [2.24, 2.45) is 0 Å². The summed E-state index contributed by atoms with van der Waals surface area (Å²) in [4.78, 5) is 31.5. The van der Waals surface area contributed by atoms with Crippen LogP contribution in [0.2, 0.25) is 0 Å². The van der Waals surface area contributed by atoms with Gasteiger partial charge in [-0.15, -0.1) is 0 Å². The molecule has 69 heavy (non-hydrogen) atoms. The fourth-order valence-electron chi connectivity index (χ4n) is 9.83. The van der Waals surface area contributed by atoms with Crippen molar-refractivity contribution in [3.63, 3.8) is 0 Å². The van der Waals surface area contributed by atoms with E-state index in [0.717, 1.165) is 68.5 Å². The third-order valence-corrected chi connectivity index (χ3v) is 12.7. The summed E-state index contributed by atoms with van der Waals surface area (Å²) in [6.45, 7) is 17.2. The van der Waals surface area contributed by atoms with E-state index in [9.17, 15) is 0 Å². The Morgan fingerprint density at radius 2 is 0.638 bits per heavy atom. The maximum Gasteiger partial charge on any atom is 0.163 e. The molecule has 10 rings (SSSR count). The molecule has 0 aliphatic heterocycles. The Labute approximate surface area is 406 Å². The number of nitrogens with zero attached hydrogens (tertiary/aromatic N) is 6. The molecule has 2 heterocycles. The van der Waals surface area contributed by atoms with Crippen LogP contribution in [-0.4, -0.2) is 29.9 Å². The number of benzene rings is 7. The molecule has 1 aliphatic rings. The first kappa shape index (κ1) is 44.9. The van der Waals surface area contributed by atoms with E-state index in [1.807, 2.05) is 0 Å². The van der Waals surface area contributed by atoms with Crippen LogP contribution in [0.5, 0.6) is 0 Å². The maximum absolute atomic E-state index is 5.27. The monoisotopic (exact) mass is 896 g/mol. The third-order valence-electron chi connectivity index (χ3n) is 12.7. The van der Waals surface area contributed by atoms with Gasteiger partial charge in [0.2, 0.25) is 0 Å². The molecule has 0 amide bonds. The lowest BCUT2D eigenvalue weighted by Crippen LogP contribution is -2.10. The predicted molar refractivity (Wildman–Crippen MR) is 285 cm³/mol. The first-order chi connectivity index (χ1) is 33.3. The van der Waals surface area contributed by atoms with Gasteiger partial charge < -0.3 is 0 Å². The summed E-state index contributed by atoms with van der Waals surface area (Å²) in [6, 6.07) is 52.2. The Morgan fingerprint density at radius 1 is 0.319 bits per heavy atom. The molecule has 7 aromatic carbocycles. The molecule has 0 saturated heterocycles. The summed E-state index contributed by atoms with van der Waals surface area (Å²) in [5.41, 5.74) is 22.8. The standard InChI is InChI=1S/C63H56N6/c1-38-21-39(2)26-54(25-38)46-13-9-17-50(33-46)60-64-58(65-61(68-60)51-18-10-14-47(34-51)55-27-40(3)22-41(4)28-55)37-59-66-62(52-19-11-15-48(35-52)56-29-42(5)23-43(6)30-56)69-63(67-59)53-20-12-16-49(36-53)57-31-44(7)24-45(8)32-57/h9-11,13-19,21-36H,12,20,37H2,1-8H3. The Bertz CT molecular complexity index is 3330. The average molecular weight is 897 g/mol. The number of hydrogen-bond acceptors (Lipinski definition) is 6. The number of hydrogen-bond donors (Lipinski definition) is 0. The van der Waals surface area contributed by atoms with Gasteiger partial charge in [0.1, 0.15) is 11.6 Å². The maximum atomic E-state index is 5.27. The fraction of sp³-hybridized carbons (Fsp3) is 0.175. The predicted octanol–water partition coefficient (Wildman–Crippen LogP) is 15.4.